The quantitative estimate of drug-likeness (QED) is 0.723. The molecule has 1 aromatic rings. The number of nitrogens with one attached hydrogen (secondary N) is 1. The van der Waals surface area contributed by atoms with E-state index in [2.05, 4.69) is 30.3 Å². The van der Waals surface area contributed by atoms with Crippen LogP contribution in [0.15, 0.2) is 18.2 Å². The summed E-state index contributed by atoms with van der Waals surface area (Å²) in [7, 11) is 0. The Hall–Kier alpha value is -1.22. The lowest BCUT2D eigenvalue weighted by molar-refractivity contribution is 0.388. The van der Waals surface area contributed by atoms with Gasteiger partial charge in [-0.05, 0) is 44.5 Å². The summed E-state index contributed by atoms with van der Waals surface area (Å²) in [5, 5.41) is 8.80. The van der Waals surface area contributed by atoms with Gasteiger partial charge >= 0.3 is 0 Å². The van der Waals surface area contributed by atoms with Crippen LogP contribution in [0.3, 0.4) is 0 Å². The third-order valence-corrected chi connectivity index (χ3v) is 2.46. The Labute approximate surface area is 85.3 Å². The maximum absolute atomic E-state index is 8.80. The Balaban J connectivity index is 2.95. The van der Waals surface area contributed by atoms with Crippen LogP contribution in [0, 0.1) is 6.92 Å². The van der Waals surface area contributed by atoms with Crippen molar-refractivity contribution in [2.45, 2.75) is 20.8 Å². The van der Waals surface area contributed by atoms with E-state index < -0.39 is 0 Å². The Bertz CT molecular complexity index is 295. The van der Waals surface area contributed by atoms with E-state index in [0.29, 0.717) is 0 Å². The normalized spacial score (nSPS) is 10.0. The highest BCUT2D eigenvalue weighted by Crippen LogP contribution is 2.21. The van der Waals surface area contributed by atoms with Crippen molar-refractivity contribution < 1.29 is 5.21 Å². The van der Waals surface area contributed by atoms with Gasteiger partial charge in [0, 0.05) is 18.8 Å². The number of aryl methyl sites for hydroxylation is 1. The predicted molar refractivity (Wildman–Crippen MR) is 60.1 cm³/mol. The fourth-order valence-corrected chi connectivity index (χ4v) is 1.56. The Morgan fingerprint density at radius 3 is 2.36 bits per heavy atom. The summed E-state index contributed by atoms with van der Waals surface area (Å²) >= 11 is 0. The fourth-order valence-electron chi connectivity index (χ4n) is 1.56. The molecule has 14 heavy (non-hydrogen) atoms. The van der Waals surface area contributed by atoms with Crippen LogP contribution in [0.5, 0.6) is 0 Å². The molecular formula is C11H18N2O. The van der Waals surface area contributed by atoms with Gasteiger partial charge in [0.05, 0.1) is 5.69 Å². The molecule has 1 rings (SSSR count). The summed E-state index contributed by atoms with van der Waals surface area (Å²) < 4.78 is 0. The molecule has 0 amide bonds. The van der Waals surface area contributed by atoms with Gasteiger partial charge in [-0.15, -0.1) is 0 Å². The number of hydrogen-bond acceptors (Lipinski definition) is 3. The Morgan fingerprint density at radius 2 is 1.93 bits per heavy atom. The standard InChI is InChI=1S/C11H18N2O/c1-4-13(5-2)10-6-7-11(12-14)9(3)8-10/h6-8,12,14H,4-5H2,1-3H3. The lowest BCUT2D eigenvalue weighted by Crippen LogP contribution is -2.21. The molecule has 0 fully saturated rings. The van der Waals surface area contributed by atoms with Gasteiger partial charge in [0.25, 0.3) is 0 Å². The summed E-state index contributed by atoms with van der Waals surface area (Å²) in [4.78, 5) is 2.27. The van der Waals surface area contributed by atoms with Crippen molar-refractivity contribution in [3.63, 3.8) is 0 Å². The SMILES string of the molecule is CCN(CC)c1ccc(NO)c(C)c1. The Kier molecular flexibility index (Phi) is 3.77. The number of benzene rings is 1. The zero-order valence-electron chi connectivity index (χ0n) is 9.04. The first-order valence-corrected chi connectivity index (χ1v) is 4.98. The first-order valence-electron chi connectivity index (χ1n) is 4.98. The number of anilines is 2. The molecule has 0 aliphatic rings. The van der Waals surface area contributed by atoms with Gasteiger partial charge < -0.3 is 4.90 Å². The summed E-state index contributed by atoms with van der Waals surface area (Å²) in [6.45, 7) is 8.25. The lowest BCUT2D eigenvalue weighted by Gasteiger charge is -2.21. The summed E-state index contributed by atoms with van der Waals surface area (Å²) in [6.07, 6.45) is 0. The van der Waals surface area contributed by atoms with Gasteiger partial charge in [-0.1, -0.05) is 0 Å². The molecule has 0 heterocycles. The molecule has 0 saturated heterocycles. The average Bonchev–Trinajstić information content (AvgIpc) is 2.20. The number of rotatable bonds is 4. The molecule has 3 nitrogen and oxygen atoms in total. The van der Waals surface area contributed by atoms with Crippen molar-refractivity contribution in [2.24, 2.45) is 0 Å². The van der Waals surface area contributed by atoms with Crippen LogP contribution in [-0.2, 0) is 0 Å². The zero-order valence-corrected chi connectivity index (χ0v) is 9.04. The molecule has 0 aliphatic heterocycles. The van der Waals surface area contributed by atoms with Crippen LogP contribution in [0.25, 0.3) is 0 Å². The van der Waals surface area contributed by atoms with Gasteiger partial charge in [0.15, 0.2) is 0 Å². The van der Waals surface area contributed by atoms with Crippen LogP contribution >= 0.6 is 0 Å². The molecular weight excluding hydrogens is 176 g/mol. The van der Waals surface area contributed by atoms with E-state index in [4.69, 9.17) is 5.21 Å². The molecule has 0 unspecified atom stereocenters. The van der Waals surface area contributed by atoms with E-state index in [0.717, 1.165) is 24.3 Å². The topological polar surface area (TPSA) is 35.5 Å². The van der Waals surface area contributed by atoms with Crippen LogP contribution in [0.1, 0.15) is 19.4 Å². The predicted octanol–water partition coefficient (Wildman–Crippen LogP) is 2.64. The second-order valence-electron chi connectivity index (χ2n) is 3.28. The summed E-state index contributed by atoms with van der Waals surface area (Å²) in [5.74, 6) is 0. The molecule has 0 radical (unpaired) electrons. The Morgan fingerprint density at radius 1 is 1.29 bits per heavy atom. The molecule has 0 saturated carbocycles. The molecule has 2 N–H and O–H groups in total. The van der Waals surface area contributed by atoms with Gasteiger partial charge in [-0.3, -0.25) is 10.7 Å². The van der Waals surface area contributed by atoms with E-state index in [1.807, 2.05) is 19.1 Å². The third-order valence-electron chi connectivity index (χ3n) is 2.46. The number of nitrogens with zero attached hydrogens (tertiary/aromatic N) is 1. The number of hydrogen-bond donors (Lipinski definition) is 2. The molecule has 0 atom stereocenters. The van der Waals surface area contributed by atoms with Crippen LogP contribution in [-0.4, -0.2) is 18.3 Å². The zero-order chi connectivity index (χ0) is 10.6. The maximum Gasteiger partial charge on any atom is 0.0632 e. The molecule has 0 aliphatic carbocycles. The van der Waals surface area contributed by atoms with E-state index >= 15 is 0 Å². The van der Waals surface area contributed by atoms with Crippen molar-refractivity contribution in [3.8, 4) is 0 Å². The molecule has 0 spiro atoms. The first kappa shape index (κ1) is 10.9. The highest BCUT2D eigenvalue weighted by molar-refractivity contribution is 5.59. The second-order valence-corrected chi connectivity index (χ2v) is 3.28. The van der Waals surface area contributed by atoms with E-state index in [9.17, 15) is 0 Å². The van der Waals surface area contributed by atoms with Gasteiger partial charge in [-0.25, -0.2) is 0 Å². The maximum atomic E-state index is 8.80. The molecule has 0 aromatic heterocycles. The minimum atomic E-state index is 0.765. The van der Waals surface area contributed by atoms with Crippen LogP contribution in [0.4, 0.5) is 11.4 Å². The van der Waals surface area contributed by atoms with Crippen LogP contribution < -0.4 is 10.4 Å². The van der Waals surface area contributed by atoms with Crippen molar-refractivity contribution in [2.75, 3.05) is 23.5 Å². The van der Waals surface area contributed by atoms with Crippen molar-refractivity contribution in [1.82, 2.24) is 0 Å². The van der Waals surface area contributed by atoms with Gasteiger partial charge in [0.2, 0.25) is 0 Å². The minimum Gasteiger partial charge on any atom is -0.372 e. The smallest absolute Gasteiger partial charge is 0.0632 e. The molecule has 78 valence electrons. The third kappa shape index (κ3) is 2.17. The average molecular weight is 194 g/mol. The monoisotopic (exact) mass is 194 g/mol. The van der Waals surface area contributed by atoms with E-state index in [-0.39, 0.29) is 0 Å². The molecule has 1 aromatic carbocycles. The fraction of sp³-hybridized carbons (Fsp3) is 0.455. The highest BCUT2D eigenvalue weighted by Gasteiger charge is 2.03. The molecule has 0 bridgehead atoms. The highest BCUT2D eigenvalue weighted by atomic mass is 16.5. The lowest BCUT2D eigenvalue weighted by atomic mass is 10.1. The van der Waals surface area contributed by atoms with E-state index in [1.54, 1.807) is 0 Å². The summed E-state index contributed by atoms with van der Waals surface area (Å²) in [5.41, 5.74) is 5.20. The van der Waals surface area contributed by atoms with E-state index in [1.165, 1.54) is 5.69 Å². The minimum absolute atomic E-state index is 0.765. The second kappa shape index (κ2) is 4.86. The van der Waals surface area contributed by atoms with Crippen molar-refractivity contribution in [1.29, 1.82) is 0 Å². The largest absolute Gasteiger partial charge is 0.372 e. The summed E-state index contributed by atoms with van der Waals surface area (Å²) in [6, 6.07) is 5.98. The molecule has 3 heteroatoms. The van der Waals surface area contributed by atoms with Gasteiger partial charge in [0.1, 0.15) is 0 Å². The van der Waals surface area contributed by atoms with Crippen LogP contribution in [0.2, 0.25) is 0 Å². The van der Waals surface area contributed by atoms with Gasteiger partial charge in [-0.2, -0.15) is 0 Å². The first-order chi connectivity index (χ1) is 6.72. The van der Waals surface area contributed by atoms with Crippen molar-refractivity contribution in [3.05, 3.63) is 23.8 Å². The van der Waals surface area contributed by atoms with Crippen molar-refractivity contribution >= 4 is 11.4 Å².